The molecule has 8 heteroatoms. The highest BCUT2D eigenvalue weighted by molar-refractivity contribution is 6.28. The molecule has 0 N–H and O–H groups in total. The van der Waals surface area contributed by atoms with E-state index in [4.69, 9.17) is 11.6 Å². The maximum absolute atomic E-state index is 13.4. The number of halogens is 5. The lowest BCUT2D eigenvalue weighted by molar-refractivity contribution is -0.137. The molecule has 0 aromatic carbocycles. The molecule has 3 nitrogen and oxygen atoms in total. The van der Waals surface area contributed by atoms with Gasteiger partial charge in [-0.2, -0.15) is 13.2 Å². The lowest BCUT2D eigenvalue weighted by atomic mass is 10.1. The summed E-state index contributed by atoms with van der Waals surface area (Å²) in [4.78, 5) is 10.3. The average Bonchev–Trinajstić information content (AvgIpc) is 2.31. The third-order valence-corrected chi connectivity index (χ3v) is 2.28. The number of pyridine rings is 1. The van der Waals surface area contributed by atoms with E-state index in [1.54, 1.807) is 0 Å². The Labute approximate surface area is 103 Å². The van der Waals surface area contributed by atoms with E-state index in [0.29, 0.717) is 6.20 Å². The van der Waals surface area contributed by atoms with Crippen molar-refractivity contribution in [2.75, 3.05) is 0 Å². The van der Waals surface area contributed by atoms with Gasteiger partial charge in [-0.3, -0.25) is 4.98 Å². The van der Waals surface area contributed by atoms with E-state index in [1.807, 2.05) is 0 Å². The molecule has 2 heterocycles. The predicted molar refractivity (Wildman–Crippen MR) is 55.2 cm³/mol. The van der Waals surface area contributed by atoms with Crippen molar-refractivity contribution in [3.63, 3.8) is 0 Å². The second-order valence-corrected chi connectivity index (χ2v) is 3.59. The highest BCUT2D eigenvalue weighted by Gasteiger charge is 2.34. The normalized spacial score (nSPS) is 11.6. The number of aromatic nitrogens is 3. The van der Waals surface area contributed by atoms with Crippen LogP contribution in [-0.4, -0.2) is 15.0 Å². The quantitative estimate of drug-likeness (QED) is 0.593. The minimum atomic E-state index is -4.64. The van der Waals surface area contributed by atoms with Crippen LogP contribution in [0, 0.1) is 5.82 Å². The van der Waals surface area contributed by atoms with Gasteiger partial charge in [-0.15, -0.1) is 0 Å². The standard InChI is InChI=1S/C10H4ClF4N3/c11-9-17-4-7(12)8(18-9)5-3-16-2-1-6(5)10(13,14)15/h1-4H. The molecule has 0 aliphatic rings. The Morgan fingerprint density at radius 1 is 1.17 bits per heavy atom. The minimum Gasteiger partial charge on any atom is -0.264 e. The van der Waals surface area contributed by atoms with Gasteiger partial charge in [0.05, 0.1) is 11.8 Å². The smallest absolute Gasteiger partial charge is 0.264 e. The summed E-state index contributed by atoms with van der Waals surface area (Å²) in [7, 11) is 0. The first-order chi connectivity index (χ1) is 8.39. The van der Waals surface area contributed by atoms with Crippen molar-refractivity contribution in [3.8, 4) is 11.3 Å². The zero-order valence-corrected chi connectivity index (χ0v) is 9.30. The number of rotatable bonds is 1. The van der Waals surface area contributed by atoms with E-state index in [0.717, 1.165) is 18.5 Å². The first-order valence-electron chi connectivity index (χ1n) is 4.59. The van der Waals surface area contributed by atoms with Crippen molar-refractivity contribution < 1.29 is 17.6 Å². The van der Waals surface area contributed by atoms with Gasteiger partial charge in [0.1, 0.15) is 5.69 Å². The molecular formula is C10H4ClF4N3. The maximum Gasteiger partial charge on any atom is 0.417 e. The maximum atomic E-state index is 13.4. The van der Waals surface area contributed by atoms with Gasteiger partial charge in [0.25, 0.3) is 0 Å². The molecule has 0 bridgehead atoms. The van der Waals surface area contributed by atoms with E-state index in [2.05, 4.69) is 15.0 Å². The van der Waals surface area contributed by atoms with E-state index >= 15 is 0 Å². The first-order valence-corrected chi connectivity index (χ1v) is 4.97. The molecule has 94 valence electrons. The van der Waals surface area contributed by atoms with Crippen LogP contribution >= 0.6 is 11.6 Å². The Hall–Kier alpha value is -1.76. The van der Waals surface area contributed by atoms with Crippen molar-refractivity contribution in [1.82, 2.24) is 15.0 Å². The summed E-state index contributed by atoms with van der Waals surface area (Å²) in [5.41, 5.74) is -2.05. The lowest BCUT2D eigenvalue weighted by Crippen LogP contribution is -2.08. The van der Waals surface area contributed by atoms with Crippen LogP contribution in [0.25, 0.3) is 11.3 Å². The van der Waals surface area contributed by atoms with Crippen LogP contribution in [0.2, 0.25) is 5.28 Å². The van der Waals surface area contributed by atoms with E-state index in [1.165, 1.54) is 0 Å². The largest absolute Gasteiger partial charge is 0.417 e. The minimum absolute atomic E-state index is 0.344. The summed E-state index contributed by atoms with van der Waals surface area (Å²) in [5.74, 6) is -1.00. The molecule has 0 atom stereocenters. The van der Waals surface area contributed by atoms with Crippen LogP contribution in [-0.2, 0) is 6.18 Å². The summed E-state index contributed by atoms with van der Waals surface area (Å²) < 4.78 is 51.7. The van der Waals surface area contributed by atoms with Gasteiger partial charge in [0.15, 0.2) is 5.82 Å². The number of hydrogen-bond acceptors (Lipinski definition) is 3. The Kier molecular flexibility index (Phi) is 3.16. The fourth-order valence-corrected chi connectivity index (χ4v) is 1.50. The monoisotopic (exact) mass is 277 g/mol. The molecule has 18 heavy (non-hydrogen) atoms. The Morgan fingerprint density at radius 3 is 2.56 bits per heavy atom. The van der Waals surface area contributed by atoms with Gasteiger partial charge in [-0.05, 0) is 17.7 Å². The Balaban J connectivity index is 2.68. The summed E-state index contributed by atoms with van der Waals surface area (Å²) in [6.07, 6.45) is -2.09. The van der Waals surface area contributed by atoms with Crippen LogP contribution < -0.4 is 0 Å². The van der Waals surface area contributed by atoms with Crippen LogP contribution in [0.4, 0.5) is 17.6 Å². The highest BCUT2D eigenvalue weighted by Crippen LogP contribution is 2.36. The van der Waals surface area contributed by atoms with Gasteiger partial charge in [-0.25, -0.2) is 14.4 Å². The van der Waals surface area contributed by atoms with E-state index in [-0.39, 0.29) is 5.28 Å². The second-order valence-electron chi connectivity index (χ2n) is 3.25. The van der Waals surface area contributed by atoms with Crippen LogP contribution in [0.5, 0.6) is 0 Å². The molecular weight excluding hydrogens is 274 g/mol. The van der Waals surface area contributed by atoms with Crippen LogP contribution in [0.3, 0.4) is 0 Å². The molecule has 0 aliphatic heterocycles. The van der Waals surface area contributed by atoms with Gasteiger partial charge >= 0.3 is 6.18 Å². The second kappa shape index (κ2) is 4.49. The lowest BCUT2D eigenvalue weighted by Gasteiger charge is -2.11. The molecule has 0 aliphatic carbocycles. The molecule has 2 aromatic rings. The molecule has 2 aromatic heterocycles. The SMILES string of the molecule is Fc1cnc(Cl)nc1-c1cnccc1C(F)(F)F. The Bertz CT molecular complexity index is 586. The highest BCUT2D eigenvalue weighted by atomic mass is 35.5. The van der Waals surface area contributed by atoms with Gasteiger partial charge in [0, 0.05) is 18.0 Å². The topological polar surface area (TPSA) is 38.7 Å². The van der Waals surface area contributed by atoms with Crippen molar-refractivity contribution >= 4 is 11.6 Å². The zero-order valence-electron chi connectivity index (χ0n) is 8.54. The fraction of sp³-hybridized carbons (Fsp3) is 0.100. The third-order valence-electron chi connectivity index (χ3n) is 2.10. The van der Waals surface area contributed by atoms with Crippen molar-refractivity contribution in [1.29, 1.82) is 0 Å². The molecule has 0 saturated carbocycles. The number of hydrogen-bond donors (Lipinski definition) is 0. The molecule has 2 rings (SSSR count). The van der Waals surface area contributed by atoms with E-state index in [9.17, 15) is 17.6 Å². The molecule has 0 radical (unpaired) electrons. The van der Waals surface area contributed by atoms with Crippen LogP contribution in [0.15, 0.2) is 24.7 Å². The first kappa shape index (κ1) is 12.7. The number of nitrogens with zero attached hydrogens (tertiary/aromatic N) is 3. The average molecular weight is 278 g/mol. The molecule has 0 unspecified atom stereocenters. The number of alkyl halides is 3. The molecule has 0 amide bonds. The van der Waals surface area contributed by atoms with E-state index < -0.39 is 28.8 Å². The third kappa shape index (κ3) is 2.40. The van der Waals surface area contributed by atoms with Crippen molar-refractivity contribution in [3.05, 3.63) is 41.3 Å². The van der Waals surface area contributed by atoms with Crippen LogP contribution in [0.1, 0.15) is 5.56 Å². The molecule has 0 fully saturated rings. The predicted octanol–water partition coefficient (Wildman–Crippen LogP) is 3.35. The van der Waals surface area contributed by atoms with Crippen molar-refractivity contribution in [2.45, 2.75) is 6.18 Å². The molecule has 0 spiro atoms. The summed E-state index contributed by atoms with van der Waals surface area (Å²) in [6.45, 7) is 0. The Morgan fingerprint density at radius 2 is 1.89 bits per heavy atom. The van der Waals surface area contributed by atoms with Gasteiger partial charge < -0.3 is 0 Å². The van der Waals surface area contributed by atoms with Gasteiger partial charge in [0.2, 0.25) is 5.28 Å². The fourth-order valence-electron chi connectivity index (χ4n) is 1.36. The summed E-state index contributed by atoms with van der Waals surface area (Å²) in [5, 5.41) is -0.344. The summed E-state index contributed by atoms with van der Waals surface area (Å²) >= 11 is 5.44. The van der Waals surface area contributed by atoms with Crippen molar-refractivity contribution in [2.24, 2.45) is 0 Å². The molecule has 0 saturated heterocycles. The van der Waals surface area contributed by atoms with Gasteiger partial charge in [-0.1, -0.05) is 0 Å². The summed E-state index contributed by atoms with van der Waals surface area (Å²) in [6, 6.07) is 0.741. The zero-order chi connectivity index (χ0) is 13.3.